The molecule has 0 aliphatic carbocycles. The van der Waals surface area contributed by atoms with E-state index in [1.54, 1.807) is 11.3 Å². The molecule has 0 saturated carbocycles. The number of carbonyl (C=O) groups is 1. The van der Waals surface area contributed by atoms with Crippen LogP contribution in [0.15, 0.2) is 30.3 Å². The van der Waals surface area contributed by atoms with Crippen LogP contribution in [0.1, 0.15) is 42.9 Å². The van der Waals surface area contributed by atoms with Crippen molar-refractivity contribution in [2.75, 3.05) is 6.54 Å². The summed E-state index contributed by atoms with van der Waals surface area (Å²) >= 11 is 1.70. The van der Waals surface area contributed by atoms with Gasteiger partial charge >= 0.3 is 0 Å². The molecule has 0 aliphatic rings. The average molecular weight is 368 g/mol. The Morgan fingerprint density at radius 2 is 1.88 bits per heavy atom. The van der Waals surface area contributed by atoms with E-state index >= 15 is 0 Å². The molecular weight excluding hydrogens is 342 g/mol. The number of nitrogens with zero attached hydrogens (tertiary/aromatic N) is 2. The van der Waals surface area contributed by atoms with Gasteiger partial charge in [-0.15, -0.1) is 11.3 Å². The lowest BCUT2D eigenvalue weighted by Crippen LogP contribution is -2.26. The molecule has 0 aliphatic heterocycles. The van der Waals surface area contributed by atoms with E-state index in [2.05, 4.69) is 33.9 Å². The zero-order chi connectivity index (χ0) is 18.8. The first-order valence-corrected chi connectivity index (χ1v) is 9.66. The monoisotopic (exact) mass is 367 g/mol. The first-order valence-electron chi connectivity index (χ1n) is 8.84. The molecule has 1 amide bonds. The smallest absolute Gasteiger partial charge is 0.253 e. The van der Waals surface area contributed by atoms with E-state index in [-0.39, 0.29) is 5.91 Å². The number of aromatic nitrogens is 2. The van der Waals surface area contributed by atoms with Gasteiger partial charge < -0.3 is 9.88 Å². The molecule has 136 valence electrons. The zero-order valence-corrected chi connectivity index (χ0v) is 16.8. The maximum atomic E-state index is 12.7. The maximum Gasteiger partial charge on any atom is 0.253 e. The third-order valence-electron chi connectivity index (χ3n) is 4.67. The van der Waals surface area contributed by atoms with Gasteiger partial charge in [-0.3, -0.25) is 4.79 Å². The molecule has 3 rings (SSSR count). The predicted molar refractivity (Wildman–Crippen MR) is 108 cm³/mol. The lowest BCUT2D eigenvalue weighted by atomic mass is 10.2. The summed E-state index contributed by atoms with van der Waals surface area (Å²) < 4.78 is 2.15. The normalized spacial score (nSPS) is 11.0. The molecule has 1 aromatic carbocycles. The molecule has 0 bridgehead atoms. The van der Waals surface area contributed by atoms with Crippen molar-refractivity contribution in [3.8, 4) is 5.69 Å². The second-order valence-corrected chi connectivity index (χ2v) is 7.94. The minimum absolute atomic E-state index is 0.0168. The van der Waals surface area contributed by atoms with E-state index in [1.165, 1.54) is 10.4 Å². The Balaban J connectivity index is 1.75. The fourth-order valence-corrected chi connectivity index (χ4v) is 4.30. The van der Waals surface area contributed by atoms with Gasteiger partial charge in [-0.05, 0) is 52.3 Å². The van der Waals surface area contributed by atoms with Crippen LogP contribution in [0.25, 0.3) is 5.69 Å². The Morgan fingerprint density at radius 3 is 2.54 bits per heavy atom. The van der Waals surface area contributed by atoms with Crippen molar-refractivity contribution in [1.82, 2.24) is 14.9 Å². The molecule has 0 saturated heterocycles. The van der Waals surface area contributed by atoms with Crippen molar-refractivity contribution in [3.63, 3.8) is 0 Å². The molecule has 2 heterocycles. The number of hydrogen-bond donors (Lipinski definition) is 1. The quantitative estimate of drug-likeness (QED) is 0.724. The van der Waals surface area contributed by atoms with Gasteiger partial charge in [0.05, 0.1) is 16.3 Å². The number of carbonyl (C=O) groups excluding carboxylic acids is 1. The highest BCUT2D eigenvalue weighted by Gasteiger charge is 2.17. The van der Waals surface area contributed by atoms with E-state index < -0.39 is 0 Å². The number of nitrogens with one attached hydrogen (secondary N) is 1. The highest BCUT2D eigenvalue weighted by Crippen LogP contribution is 2.23. The molecule has 26 heavy (non-hydrogen) atoms. The highest BCUT2D eigenvalue weighted by atomic mass is 32.1. The third-order valence-corrected chi connectivity index (χ3v) is 5.80. The molecule has 0 atom stereocenters. The maximum absolute atomic E-state index is 12.7. The topological polar surface area (TPSA) is 46.9 Å². The second kappa shape index (κ2) is 7.46. The van der Waals surface area contributed by atoms with E-state index in [0.717, 1.165) is 39.8 Å². The van der Waals surface area contributed by atoms with Crippen molar-refractivity contribution in [2.45, 2.75) is 41.0 Å². The lowest BCUT2D eigenvalue weighted by molar-refractivity contribution is 0.0953. The number of thiazole rings is 1. The Morgan fingerprint density at radius 1 is 1.15 bits per heavy atom. The summed E-state index contributed by atoms with van der Waals surface area (Å²) in [6.07, 6.45) is 0.819. The van der Waals surface area contributed by atoms with Crippen LogP contribution >= 0.6 is 11.3 Å². The molecule has 0 unspecified atom stereocenters. The van der Waals surface area contributed by atoms with E-state index in [4.69, 9.17) is 0 Å². The van der Waals surface area contributed by atoms with Gasteiger partial charge in [0, 0.05) is 34.9 Å². The lowest BCUT2D eigenvalue weighted by Gasteiger charge is -2.12. The van der Waals surface area contributed by atoms with Gasteiger partial charge in [0.2, 0.25) is 0 Å². The van der Waals surface area contributed by atoms with Gasteiger partial charge in [-0.1, -0.05) is 18.2 Å². The number of aryl methyl sites for hydroxylation is 4. The van der Waals surface area contributed by atoms with Crippen LogP contribution in [0, 0.1) is 34.6 Å². The van der Waals surface area contributed by atoms with Crippen LogP contribution in [-0.2, 0) is 6.42 Å². The number of hydrogen-bond acceptors (Lipinski definition) is 3. The molecule has 0 radical (unpaired) electrons. The highest BCUT2D eigenvalue weighted by molar-refractivity contribution is 7.11. The predicted octanol–water partition coefficient (Wildman–Crippen LogP) is 4.45. The van der Waals surface area contributed by atoms with Crippen LogP contribution in [0.2, 0.25) is 0 Å². The molecule has 2 aromatic heterocycles. The summed E-state index contributed by atoms with van der Waals surface area (Å²) in [6, 6.07) is 10.2. The Kier molecular flexibility index (Phi) is 5.28. The molecule has 5 heteroatoms. The van der Waals surface area contributed by atoms with Crippen molar-refractivity contribution < 1.29 is 4.79 Å². The summed E-state index contributed by atoms with van der Waals surface area (Å²) in [5.41, 5.74) is 6.16. The van der Waals surface area contributed by atoms with Gasteiger partial charge in [-0.2, -0.15) is 0 Å². The van der Waals surface area contributed by atoms with Gasteiger partial charge in [0.25, 0.3) is 5.91 Å². The average Bonchev–Trinajstić information content (AvgIpc) is 3.06. The molecule has 0 fully saturated rings. The standard InChI is InChI=1S/C21H25N3OS/c1-13-8-6-7-9-19(13)24-14(2)12-18(16(24)4)21(25)22-11-10-20-15(3)23-17(5)26-20/h6-9,12H,10-11H2,1-5H3,(H,22,25). The number of para-hydroxylation sites is 1. The van der Waals surface area contributed by atoms with Gasteiger partial charge in [-0.25, -0.2) is 4.98 Å². The molecule has 0 spiro atoms. The first-order chi connectivity index (χ1) is 12.4. The second-order valence-electron chi connectivity index (χ2n) is 6.65. The van der Waals surface area contributed by atoms with Gasteiger partial charge in [0.1, 0.15) is 0 Å². The first kappa shape index (κ1) is 18.4. The SMILES string of the molecule is Cc1nc(C)c(CCNC(=O)c2cc(C)n(-c3ccccc3C)c2C)s1. The summed E-state index contributed by atoms with van der Waals surface area (Å²) in [4.78, 5) is 18.4. The van der Waals surface area contributed by atoms with E-state index in [0.29, 0.717) is 6.54 Å². The third kappa shape index (κ3) is 3.58. The number of rotatable bonds is 5. The minimum Gasteiger partial charge on any atom is -0.352 e. The Hall–Kier alpha value is -2.40. The summed E-state index contributed by atoms with van der Waals surface area (Å²) in [5, 5.41) is 4.13. The van der Waals surface area contributed by atoms with Crippen molar-refractivity contribution in [1.29, 1.82) is 0 Å². The van der Waals surface area contributed by atoms with Crippen LogP contribution in [0.5, 0.6) is 0 Å². The van der Waals surface area contributed by atoms with E-state index in [9.17, 15) is 4.79 Å². The fraction of sp³-hybridized carbons (Fsp3) is 0.333. The zero-order valence-electron chi connectivity index (χ0n) is 16.0. The van der Waals surface area contributed by atoms with Crippen LogP contribution in [-0.4, -0.2) is 22.0 Å². The van der Waals surface area contributed by atoms with Crippen LogP contribution in [0.3, 0.4) is 0 Å². The Labute approximate surface area is 158 Å². The van der Waals surface area contributed by atoms with E-state index in [1.807, 2.05) is 45.9 Å². The van der Waals surface area contributed by atoms with Crippen molar-refractivity contribution >= 4 is 17.2 Å². The Bertz CT molecular complexity index is 952. The largest absolute Gasteiger partial charge is 0.352 e. The van der Waals surface area contributed by atoms with Crippen LogP contribution in [0.4, 0.5) is 0 Å². The van der Waals surface area contributed by atoms with Crippen molar-refractivity contribution in [2.24, 2.45) is 0 Å². The van der Waals surface area contributed by atoms with Crippen LogP contribution < -0.4 is 5.32 Å². The minimum atomic E-state index is -0.0168. The fourth-order valence-electron chi connectivity index (χ4n) is 3.37. The molecular formula is C21H25N3OS. The number of benzene rings is 1. The van der Waals surface area contributed by atoms with Gasteiger partial charge in [0.15, 0.2) is 0 Å². The number of amides is 1. The van der Waals surface area contributed by atoms with Crippen molar-refractivity contribution in [3.05, 3.63) is 68.4 Å². The summed E-state index contributed by atoms with van der Waals surface area (Å²) in [7, 11) is 0. The molecule has 4 nitrogen and oxygen atoms in total. The molecule has 1 N–H and O–H groups in total. The summed E-state index contributed by atoms with van der Waals surface area (Å²) in [6.45, 7) is 10.8. The summed E-state index contributed by atoms with van der Waals surface area (Å²) in [5.74, 6) is -0.0168. The molecule has 3 aromatic rings.